The molecular weight excluding hydrogens is 380 g/mol. The van der Waals surface area contributed by atoms with Crippen molar-refractivity contribution in [3.8, 4) is 0 Å². The third-order valence-corrected chi connectivity index (χ3v) is 5.77. The van der Waals surface area contributed by atoms with Crippen molar-refractivity contribution in [2.45, 2.75) is 26.9 Å². The lowest BCUT2D eigenvalue weighted by Crippen LogP contribution is -3.09. The van der Waals surface area contributed by atoms with E-state index in [9.17, 15) is 4.79 Å². The Morgan fingerprint density at radius 3 is 2.28 bits per heavy atom. The Labute approximate surface area is 177 Å². The molecule has 2 aromatic carbocycles. The molecule has 5 nitrogen and oxygen atoms in total. The lowest BCUT2D eigenvalue weighted by molar-refractivity contribution is -0.926. The summed E-state index contributed by atoms with van der Waals surface area (Å²) in [6.45, 7) is 6.57. The predicted octanol–water partition coefficient (Wildman–Crippen LogP) is 3.50. The molecule has 3 aromatic rings. The van der Waals surface area contributed by atoms with Crippen molar-refractivity contribution in [1.82, 2.24) is 4.98 Å². The number of aromatic nitrogens is 1. The second kappa shape index (κ2) is 9.67. The van der Waals surface area contributed by atoms with Gasteiger partial charge in [-0.05, 0) is 31.2 Å². The number of rotatable bonds is 8. The Morgan fingerprint density at radius 1 is 1.00 bits per heavy atom. The van der Waals surface area contributed by atoms with Crippen molar-refractivity contribution in [1.29, 1.82) is 0 Å². The fraction of sp³-hybridized carbons (Fsp3) is 0.304. The molecule has 6 heteroatoms. The number of thiazole rings is 1. The lowest BCUT2D eigenvalue weighted by Gasteiger charge is -2.19. The fourth-order valence-electron chi connectivity index (χ4n) is 3.25. The van der Waals surface area contributed by atoms with Gasteiger partial charge in [-0.3, -0.25) is 9.69 Å². The van der Waals surface area contributed by atoms with Gasteiger partial charge in [0.05, 0.1) is 12.2 Å². The Morgan fingerprint density at radius 2 is 1.69 bits per heavy atom. The lowest BCUT2D eigenvalue weighted by atomic mass is 10.2. The van der Waals surface area contributed by atoms with Crippen molar-refractivity contribution in [2.24, 2.45) is 0 Å². The summed E-state index contributed by atoms with van der Waals surface area (Å²) >= 11 is 1.52. The number of para-hydroxylation sites is 1. The molecule has 0 bridgehead atoms. The molecule has 1 atom stereocenters. The van der Waals surface area contributed by atoms with Gasteiger partial charge in [0.1, 0.15) is 18.8 Å². The van der Waals surface area contributed by atoms with Crippen molar-refractivity contribution in [3.05, 3.63) is 71.2 Å². The highest BCUT2D eigenvalue weighted by molar-refractivity contribution is 7.14. The van der Waals surface area contributed by atoms with Crippen LogP contribution in [-0.2, 0) is 17.9 Å². The third-order valence-electron chi connectivity index (χ3n) is 4.90. The summed E-state index contributed by atoms with van der Waals surface area (Å²) in [4.78, 5) is 22.2. The summed E-state index contributed by atoms with van der Waals surface area (Å²) in [5.74, 6) is -0.0298. The molecule has 0 aliphatic rings. The number of carbonyl (C=O) groups is 1. The van der Waals surface area contributed by atoms with Crippen LogP contribution < -0.4 is 14.7 Å². The van der Waals surface area contributed by atoms with Crippen molar-refractivity contribution >= 4 is 33.8 Å². The van der Waals surface area contributed by atoms with Gasteiger partial charge in [0.15, 0.2) is 5.13 Å². The van der Waals surface area contributed by atoms with E-state index in [0.717, 1.165) is 36.1 Å². The van der Waals surface area contributed by atoms with E-state index in [0.29, 0.717) is 0 Å². The fourth-order valence-corrected chi connectivity index (χ4v) is 4.14. The first-order valence-electron chi connectivity index (χ1n) is 9.88. The number of hydrogen-bond acceptors (Lipinski definition) is 4. The molecule has 1 aromatic heterocycles. The van der Waals surface area contributed by atoms with Crippen LogP contribution in [0.1, 0.15) is 25.1 Å². The number of nitrogens with one attached hydrogen (secondary N) is 1. The molecule has 1 N–H and O–H groups in total. The van der Waals surface area contributed by atoms with Gasteiger partial charge in [0.2, 0.25) is 5.91 Å². The van der Waals surface area contributed by atoms with Gasteiger partial charge < -0.3 is 9.80 Å². The first-order chi connectivity index (χ1) is 14.0. The quantitative estimate of drug-likeness (QED) is 0.619. The zero-order valence-electron chi connectivity index (χ0n) is 17.6. The van der Waals surface area contributed by atoms with Crippen LogP contribution in [0.4, 0.5) is 16.5 Å². The monoisotopic (exact) mass is 409 g/mol. The minimum absolute atomic E-state index is 0.0298. The number of benzene rings is 2. The molecule has 0 aliphatic heterocycles. The van der Waals surface area contributed by atoms with E-state index in [1.165, 1.54) is 27.5 Å². The number of quaternary nitrogens is 1. The molecule has 0 saturated heterocycles. The number of carbonyl (C=O) groups excluding carboxylic acids is 1. The van der Waals surface area contributed by atoms with Crippen LogP contribution in [-0.4, -0.2) is 31.5 Å². The first-order valence-corrected chi connectivity index (χ1v) is 10.8. The highest BCUT2D eigenvalue weighted by atomic mass is 32.1. The van der Waals surface area contributed by atoms with Crippen LogP contribution in [0, 0.1) is 0 Å². The Bertz CT molecular complexity index is 922. The maximum Gasteiger partial charge on any atom is 0.230 e. The van der Waals surface area contributed by atoms with E-state index >= 15 is 0 Å². The topological polar surface area (TPSA) is 40.9 Å². The van der Waals surface area contributed by atoms with Gasteiger partial charge in [-0.15, -0.1) is 11.3 Å². The van der Waals surface area contributed by atoms with E-state index in [4.69, 9.17) is 4.98 Å². The van der Waals surface area contributed by atoms with Crippen LogP contribution >= 0.6 is 11.3 Å². The smallest absolute Gasteiger partial charge is 0.230 e. The SMILES string of the molecule is CC[NH+](Cc1ccc(N(C)C)cc1)Cc1csc(N(C(C)=O)c2ccccc2)n1. The maximum absolute atomic E-state index is 12.2. The summed E-state index contributed by atoms with van der Waals surface area (Å²) in [6.07, 6.45) is 0. The molecule has 0 saturated carbocycles. The van der Waals surface area contributed by atoms with Gasteiger partial charge in [0, 0.05) is 37.6 Å². The van der Waals surface area contributed by atoms with E-state index in [2.05, 4.69) is 55.6 Å². The van der Waals surface area contributed by atoms with Crippen molar-refractivity contribution < 1.29 is 9.69 Å². The van der Waals surface area contributed by atoms with E-state index < -0.39 is 0 Å². The summed E-state index contributed by atoms with van der Waals surface area (Å²) in [7, 11) is 4.11. The number of amides is 1. The zero-order chi connectivity index (χ0) is 20.8. The van der Waals surface area contributed by atoms with Crippen LogP contribution in [0.5, 0.6) is 0 Å². The number of hydrogen-bond donors (Lipinski definition) is 1. The summed E-state index contributed by atoms with van der Waals surface area (Å²) in [5.41, 5.74) is 4.40. The van der Waals surface area contributed by atoms with Crippen LogP contribution in [0.2, 0.25) is 0 Å². The normalized spacial score (nSPS) is 11.9. The Balaban J connectivity index is 1.71. The van der Waals surface area contributed by atoms with Gasteiger partial charge in [0.25, 0.3) is 0 Å². The van der Waals surface area contributed by atoms with Gasteiger partial charge in [-0.1, -0.05) is 30.3 Å². The van der Waals surface area contributed by atoms with E-state index in [1.807, 2.05) is 30.3 Å². The average Bonchev–Trinajstić information content (AvgIpc) is 3.16. The largest absolute Gasteiger partial charge is 0.378 e. The average molecular weight is 410 g/mol. The molecule has 1 heterocycles. The highest BCUT2D eigenvalue weighted by Gasteiger charge is 2.19. The van der Waals surface area contributed by atoms with Gasteiger partial charge in [-0.25, -0.2) is 4.98 Å². The zero-order valence-corrected chi connectivity index (χ0v) is 18.4. The molecule has 152 valence electrons. The van der Waals surface area contributed by atoms with Gasteiger partial charge >= 0.3 is 0 Å². The second-order valence-corrected chi connectivity index (χ2v) is 8.17. The minimum atomic E-state index is -0.0298. The van der Waals surface area contributed by atoms with Gasteiger partial charge in [-0.2, -0.15) is 0 Å². The molecule has 0 fully saturated rings. The summed E-state index contributed by atoms with van der Waals surface area (Å²) < 4.78 is 0. The Kier molecular flexibility index (Phi) is 7.01. The van der Waals surface area contributed by atoms with Crippen LogP contribution in [0.25, 0.3) is 0 Å². The molecule has 0 aliphatic carbocycles. The molecule has 1 amide bonds. The van der Waals surface area contributed by atoms with Crippen LogP contribution in [0.15, 0.2) is 60.0 Å². The predicted molar refractivity (Wildman–Crippen MR) is 121 cm³/mol. The van der Waals surface area contributed by atoms with Crippen molar-refractivity contribution in [2.75, 3.05) is 30.4 Å². The number of anilines is 3. The van der Waals surface area contributed by atoms with E-state index in [1.54, 1.807) is 11.8 Å². The number of nitrogens with zero attached hydrogens (tertiary/aromatic N) is 3. The molecule has 29 heavy (non-hydrogen) atoms. The second-order valence-electron chi connectivity index (χ2n) is 7.33. The molecule has 0 spiro atoms. The first kappa shape index (κ1) is 21.0. The molecule has 0 radical (unpaired) electrons. The van der Waals surface area contributed by atoms with Crippen molar-refractivity contribution in [3.63, 3.8) is 0 Å². The van der Waals surface area contributed by atoms with Crippen LogP contribution in [0.3, 0.4) is 0 Å². The molecule has 1 unspecified atom stereocenters. The summed E-state index contributed by atoms with van der Waals surface area (Å²) in [6, 6.07) is 18.4. The molecule has 3 rings (SSSR count). The van der Waals surface area contributed by atoms with E-state index in [-0.39, 0.29) is 5.91 Å². The standard InChI is InChI=1S/C23H28N4OS/c1-5-26(15-19-11-13-21(14-12-19)25(3)4)16-20-17-29-23(24-20)27(18(2)28)22-9-7-6-8-10-22/h6-14,17H,5,15-16H2,1-4H3/p+1. The minimum Gasteiger partial charge on any atom is -0.378 e. The summed E-state index contributed by atoms with van der Waals surface area (Å²) in [5, 5.41) is 2.79. The molecular formula is C23H29N4OS+. The Hall–Kier alpha value is -2.70. The highest BCUT2D eigenvalue weighted by Crippen LogP contribution is 2.28. The maximum atomic E-state index is 12.2. The third kappa shape index (κ3) is 5.43.